The molecule has 360 valence electrons. The fourth-order valence-electron chi connectivity index (χ4n) is 6.25. The quantitative estimate of drug-likeness (QED) is 0.0290. The maximum absolute atomic E-state index is 12.9. The van der Waals surface area contributed by atoms with Gasteiger partial charge in [0.05, 0.1) is 25.5 Å². The van der Waals surface area contributed by atoms with Crippen molar-refractivity contribution in [1.29, 1.82) is 0 Å². The number of fused-ring (bicyclic) bond motifs is 1. The first kappa shape index (κ1) is 52.6. The Balaban J connectivity index is 1.02. The predicted octanol–water partition coefficient (Wildman–Crippen LogP) is 1.70. The number of amides is 2. The van der Waals surface area contributed by atoms with Crippen LogP contribution in [0.25, 0.3) is 11.2 Å². The Bertz CT molecular complexity index is 2530. The summed E-state index contributed by atoms with van der Waals surface area (Å²) in [7, 11) is -16.5. The molecule has 25 nitrogen and oxygen atoms in total. The van der Waals surface area contributed by atoms with Crippen LogP contribution < -0.4 is 16.4 Å². The number of thioether (sulfide) groups is 1. The third-order valence-corrected chi connectivity index (χ3v) is 13.9. The number of carbonyl (C=O) groups is 4. The molecule has 2 unspecified atom stereocenters. The second kappa shape index (κ2) is 22.2. The van der Waals surface area contributed by atoms with Gasteiger partial charge in [0.2, 0.25) is 11.8 Å². The van der Waals surface area contributed by atoms with Crippen LogP contribution in [0.15, 0.2) is 67.3 Å². The number of phosphoric acid groups is 3. The molecule has 0 radical (unpaired) electrons. The fraction of sp³-hybridized carbons (Fsp3) is 0.432. The number of hydrogen-bond acceptors (Lipinski definition) is 19. The lowest BCUT2D eigenvalue weighted by Gasteiger charge is -2.30. The second-order valence-corrected chi connectivity index (χ2v) is 20.6. The molecule has 1 saturated heterocycles. The van der Waals surface area contributed by atoms with E-state index in [0.717, 1.165) is 29.0 Å². The topological polar surface area (TPSA) is 381 Å². The van der Waals surface area contributed by atoms with Crippen molar-refractivity contribution in [3.8, 4) is 0 Å². The van der Waals surface area contributed by atoms with E-state index in [1.54, 1.807) is 61.5 Å². The van der Waals surface area contributed by atoms with Crippen LogP contribution in [0.3, 0.4) is 0 Å². The number of anilines is 1. The van der Waals surface area contributed by atoms with Gasteiger partial charge in [-0.1, -0.05) is 81.1 Å². The van der Waals surface area contributed by atoms with Crippen molar-refractivity contribution in [1.82, 2.24) is 30.2 Å². The highest BCUT2D eigenvalue weighted by Gasteiger charge is 2.50. The average Bonchev–Trinajstić information content (AvgIpc) is 3.82. The lowest BCUT2D eigenvalue weighted by atomic mass is 9.87. The largest absolute Gasteiger partial charge is 0.481 e. The van der Waals surface area contributed by atoms with Crippen LogP contribution in [0.2, 0.25) is 0 Å². The molecule has 8 atom stereocenters. The highest BCUT2D eigenvalue weighted by molar-refractivity contribution is 8.13. The molecule has 0 saturated carbocycles. The Hall–Kier alpha value is -4.33. The number of nitrogens with zero attached hydrogens (tertiary/aromatic N) is 4. The number of imidazole rings is 1. The summed E-state index contributed by atoms with van der Waals surface area (Å²) in [6.45, 7) is 2.02. The highest BCUT2D eigenvalue weighted by Crippen LogP contribution is 2.61. The summed E-state index contributed by atoms with van der Waals surface area (Å²) >= 11 is 0.999. The van der Waals surface area contributed by atoms with Crippen LogP contribution in [-0.4, -0.2) is 128 Å². The molecule has 29 heteroatoms. The fourth-order valence-corrected chi connectivity index (χ4v) is 9.87. The number of benzene rings is 2. The van der Waals surface area contributed by atoms with Crippen LogP contribution in [0.5, 0.6) is 0 Å². The highest BCUT2D eigenvalue weighted by atomic mass is 32.2. The zero-order valence-electron chi connectivity index (χ0n) is 35.3. The molecule has 3 heterocycles. The molecule has 2 aromatic heterocycles. The van der Waals surface area contributed by atoms with E-state index in [1.807, 2.05) is 0 Å². The van der Waals surface area contributed by atoms with Crippen molar-refractivity contribution < 1.29 is 85.3 Å². The first-order valence-electron chi connectivity index (χ1n) is 19.6. The Labute approximate surface area is 380 Å². The van der Waals surface area contributed by atoms with Crippen molar-refractivity contribution >= 4 is 74.9 Å². The van der Waals surface area contributed by atoms with Gasteiger partial charge in [-0.3, -0.25) is 37.3 Å². The number of rotatable bonds is 23. The number of aliphatic hydroxyl groups excluding tert-OH is 2. The van der Waals surface area contributed by atoms with Crippen molar-refractivity contribution in [2.24, 2.45) is 5.41 Å². The van der Waals surface area contributed by atoms with Crippen LogP contribution in [-0.2, 0) is 50.7 Å². The molecule has 1 fully saturated rings. The average molecular weight is 1000 g/mol. The molecule has 66 heavy (non-hydrogen) atoms. The molecule has 5 rings (SSSR count). The van der Waals surface area contributed by atoms with Crippen LogP contribution in [0.4, 0.5) is 5.82 Å². The minimum Gasteiger partial charge on any atom is -0.386 e. The van der Waals surface area contributed by atoms with E-state index in [4.69, 9.17) is 19.5 Å². The monoisotopic (exact) mass is 1000 g/mol. The molecular formula is C37H48N7O18P3S. The number of hydrogen-bond donors (Lipinski definition) is 9. The number of ether oxygens (including phenoxy) is 1. The van der Waals surface area contributed by atoms with Gasteiger partial charge >= 0.3 is 23.5 Å². The summed E-state index contributed by atoms with van der Waals surface area (Å²) < 4.78 is 62.4. The summed E-state index contributed by atoms with van der Waals surface area (Å²) in [4.78, 5) is 102. The van der Waals surface area contributed by atoms with Crippen molar-refractivity contribution in [3.05, 3.63) is 83.9 Å². The number of aliphatic hydroxyl groups is 2. The number of nitrogens with one attached hydrogen (secondary N) is 2. The number of phosphoric ester groups is 3. The maximum atomic E-state index is 12.9. The minimum atomic E-state index is -5.60. The van der Waals surface area contributed by atoms with E-state index in [1.165, 1.54) is 13.8 Å². The summed E-state index contributed by atoms with van der Waals surface area (Å²) in [5.41, 5.74) is 5.86. The third-order valence-electron chi connectivity index (χ3n) is 9.78. The van der Waals surface area contributed by atoms with Crippen LogP contribution >= 0.6 is 35.2 Å². The predicted molar refractivity (Wildman–Crippen MR) is 232 cm³/mol. The van der Waals surface area contributed by atoms with Crippen LogP contribution in [0.1, 0.15) is 60.8 Å². The van der Waals surface area contributed by atoms with Gasteiger partial charge in [0, 0.05) is 41.8 Å². The SMILES string of the molecule is C[C@H](C(=O)SCCNC(=O)CCNC(=O)[C@H](O)C(C)(C)COP(=O)(O)OP(=O)(O)OC[C@@H]1O[C@@H](n2cnc3c(N)ncnc32)[C@H](O)[C@@H]1OP(=O)(O)O)c1cccc(C(=O)c2ccccc2)c1. The van der Waals surface area contributed by atoms with Gasteiger partial charge in [-0.05, 0) is 11.6 Å². The Kier molecular flexibility index (Phi) is 17.7. The van der Waals surface area contributed by atoms with Gasteiger partial charge < -0.3 is 50.9 Å². The lowest BCUT2D eigenvalue weighted by Crippen LogP contribution is -2.46. The van der Waals surface area contributed by atoms with E-state index in [-0.39, 0.29) is 53.1 Å². The van der Waals surface area contributed by atoms with Crippen molar-refractivity contribution in [2.45, 2.75) is 63.8 Å². The summed E-state index contributed by atoms with van der Waals surface area (Å²) in [5.74, 6) is -2.01. The number of ketones is 1. The van der Waals surface area contributed by atoms with E-state index in [0.29, 0.717) is 16.7 Å². The zero-order chi connectivity index (χ0) is 48.6. The maximum Gasteiger partial charge on any atom is 0.481 e. The van der Waals surface area contributed by atoms with E-state index in [2.05, 4.69) is 34.4 Å². The Morgan fingerprint density at radius 2 is 1.62 bits per heavy atom. The number of nitrogen functional groups attached to an aromatic ring is 1. The summed E-state index contributed by atoms with van der Waals surface area (Å²) in [5, 5.41) is 26.4. The molecule has 0 bridgehead atoms. The minimum absolute atomic E-state index is 0.0222. The zero-order valence-corrected chi connectivity index (χ0v) is 38.8. The van der Waals surface area contributed by atoms with Crippen molar-refractivity contribution in [3.63, 3.8) is 0 Å². The normalized spacial score (nSPS) is 20.5. The summed E-state index contributed by atoms with van der Waals surface area (Å²) in [6, 6.07) is 15.6. The molecule has 0 spiro atoms. The van der Waals surface area contributed by atoms with Gasteiger partial charge in [-0.15, -0.1) is 0 Å². The molecule has 10 N–H and O–H groups in total. The second-order valence-electron chi connectivity index (χ2n) is 15.3. The van der Waals surface area contributed by atoms with Gasteiger partial charge in [0.25, 0.3) is 0 Å². The van der Waals surface area contributed by atoms with Gasteiger partial charge in [-0.25, -0.2) is 28.6 Å². The smallest absolute Gasteiger partial charge is 0.386 e. The first-order valence-corrected chi connectivity index (χ1v) is 25.1. The van der Waals surface area contributed by atoms with Crippen LogP contribution in [0, 0.1) is 5.41 Å². The standard InChI is InChI=1S/C37H48N7O18P3S/c1-21(23-10-7-11-24(16-23)28(46)22-8-5-4-6-9-22)36(50)66-15-14-39-26(45)12-13-40-34(49)31(48)37(2,3)18-59-65(56,57)62-64(54,55)58-17-25-30(61-63(51,52)53)29(47)35(60-25)44-20-43-27-32(38)41-19-42-33(27)44/h4-11,16,19-21,25,29-31,35,47-48H,12-15,17-18H2,1-3H3,(H,39,45)(H,40,49)(H,54,55)(H,56,57)(H2,38,41,42)(H2,51,52,53)/t21-,25-,29+,30+,31-,35+/m0/s1. The van der Waals surface area contributed by atoms with E-state index >= 15 is 0 Å². The van der Waals surface area contributed by atoms with Gasteiger partial charge in [0.1, 0.15) is 36.3 Å². The molecule has 4 aromatic rings. The molecule has 1 aliphatic heterocycles. The molecule has 1 aliphatic rings. The molecular weight excluding hydrogens is 955 g/mol. The first-order chi connectivity index (χ1) is 30.9. The molecule has 2 amide bonds. The lowest BCUT2D eigenvalue weighted by molar-refractivity contribution is -0.137. The van der Waals surface area contributed by atoms with E-state index < -0.39 is 90.5 Å². The number of aromatic nitrogens is 4. The van der Waals surface area contributed by atoms with Crippen molar-refractivity contribution in [2.75, 3.05) is 37.8 Å². The third kappa shape index (κ3) is 14.3. The van der Waals surface area contributed by atoms with Gasteiger partial charge in [-0.2, -0.15) is 4.31 Å². The Morgan fingerprint density at radius 1 is 0.939 bits per heavy atom. The Morgan fingerprint density at radius 3 is 2.32 bits per heavy atom. The number of carbonyl (C=O) groups excluding carboxylic acids is 4. The van der Waals surface area contributed by atoms with E-state index in [9.17, 15) is 62.7 Å². The summed E-state index contributed by atoms with van der Waals surface area (Å²) in [6.07, 6.45) is -7.07. The van der Waals surface area contributed by atoms with Gasteiger partial charge in [0.15, 0.2) is 28.6 Å². The molecule has 2 aromatic carbocycles. The molecule has 0 aliphatic carbocycles. The number of nitrogens with two attached hydrogens (primary N) is 1.